The highest BCUT2D eigenvalue weighted by atomic mass is 16.5. The van der Waals surface area contributed by atoms with Gasteiger partial charge in [0.25, 0.3) is 5.91 Å². The van der Waals surface area contributed by atoms with E-state index >= 15 is 0 Å². The number of carboxylic acid groups (broad SMARTS) is 1. The molecule has 1 aliphatic heterocycles. The minimum Gasteiger partial charge on any atom is -0.480 e. The van der Waals surface area contributed by atoms with Crippen LogP contribution >= 0.6 is 0 Å². The molecule has 6 heteroatoms. The van der Waals surface area contributed by atoms with Crippen LogP contribution in [0.2, 0.25) is 0 Å². The van der Waals surface area contributed by atoms with Gasteiger partial charge >= 0.3 is 5.97 Å². The third-order valence-electron chi connectivity index (χ3n) is 3.37. The second-order valence-corrected chi connectivity index (χ2v) is 5.42. The number of hydrogen-bond acceptors (Lipinski definition) is 4. The lowest BCUT2D eigenvalue weighted by Gasteiger charge is -2.29. The molecule has 0 aliphatic carbocycles. The molecule has 0 radical (unpaired) electrons. The Morgan fingerprint density at radius 2 is 2.05 bits per heavy atom. The Morgan fingerprint density at radius 1 is 1.35 bits per heavy atom. The minimum absolute atomic E-state index is 0.0472. The van der Waals surface area contributed by atoms with E-state index in [2.05, 4.69) is 0 Å². The fourth-order valence-electron chi connectivity index (χ4n) is 2.16. The van der Waals surface area contributed by atoms with E-state index in [0.717, 1.165) is 25.9 Å². The molecule has 1 fully saturated rings. The summed E-state index contributed by atoms with van der Waals surface area (Å²) in [6, 6.07) is -0.171. The van der Waals surface area contributed by atoms with Crippen LogP contribution in [0.5, 0.6) is 0 Å². The first-order valence-electron chi connectivity index (χ1n) is 7.17. The summed E-state index contributed by atoms with van der Waals surface area (Å²) in [6.07, 6.45) is 2.54. The summed E-state index contributed by atoms with van der Waals surface area (Å²) < 4.78 is 11.1. The monoisotopic (exact) mass is 287 g/mol. The first-order valence-corrected chi connectivity index (χ1v) is 7.17. The van der Waals surface area contributed by atoms with E-state index in [1.807, 2.05) is 0 Å². The summed E-state index contributed by atoms with van der Waals surface area (Å²) in [7, 11) is 0. The van der Waals surface area contributed by atoms with Crippen molar-refractivity contribution in [2.24, 2.45) is 0 Å². The van der Waals surface area contributed by atoms with Gasteiger partial charge in [0.05, 0.1) is 12.7 Å². The number of carbonyl (C=O) groups is 2. The van der Waals surface area contributed by atoms with Crippen molar-refractivity contribution in [1.82, 2.24) is 4.90 Å². The maximum absolute atomic E-state index is 12.2. The number of ether oxygens (including phenoxy) is 2. The van der Waals surface area contributed by atoms with E-state index in [-0.39, 0.29) is 24.6 Å². The second kappa shape index (κ2) is 8.21. The van der Waals surface area contributed by atoms with Gasteiger partial charge in [0.2, 0.25) is 0 Å². The minimum atomic E-state index is -1.02. The van der Waals surface area contributed by atoms with Gasteiger partial charge in [0, 0.05) is 12.6 Å². The highest BCUT2D eigenvalue weighted by Crippen LogP contribution is 2.14. The van der Waals surface area contributed by atoms with Gasteiger partial charge in [0.15, 0.2) is 0 Å². The SMILES string of the molecule is CC(OCC1CCCCO1)C(=O)N(CC(=O)O)C(C)C. The van der Waals surface area contributed by atoms with Crippen LogP contribution in [-0.4, -0.2) is 59.9 Å². The third-order valence-corrected chi connectivity index (χ3v) is 3.37. The molecule has 1 rings (SSSR count). The molecule has 0 aromatic carbocycles. The number of rotatable bonds is 7. The van der Waals surface area contributed by atoms with Crippen LogP contribution in [-0.2, 0) is 19.1 Å². The predicted molar refractivity (Wildman–Crippen MR) is 73.5 cm³/mol. The molecular weight excluding hydrogens is 262 g/mol. The average molecular weight is 287 g/mol. The van der Waals surface area contributed by atoms with Gasteiger partial charge in [-0.2, -0.15) is 0 Å². The van der Waals surface area contributed by atoms with Gasteiger partial charge in [-0.1, -0.05) is 0 Å². The maximum Gasteiger partial charge on any atom is 0.323 e. The molecule has 20 heavy (non-hydrogen) atoms. The number of hydrogen-bond donors (Lipinski definition) is 1. The summed E-state index contributed by atoms with van der Waals surface area (Å²) in [4.78, 5) is 24.3. The van der Waals surface area contributed by atoms with E-state index in [9.17, 15) is 9.59 Å². The molecule has 2 unspecified atom stereocenters. The molecule has 1 amide bonds. The molecule has 6 nitrogen and oxygen atoms in total. The Hall–Kier alpha value is -1.14. The number of amides is 1. The van der Waals surface area contributed by atoms with Gasteiger partial charge in [-0.05, 0) is 40.0 Å². The van der Waals surface area contributed by atoms with Crippen LogP contribution in [0.3, 0.4) is 0 Å². The van der Waals surface area contributed by atoms with Crippen LogP contribution < -0.4 is 0 Å². The summed E-state index contributed by atoms with van der Waals surface area (Å²) in [6.45, 7) is 6.06. The molecule has 0 spiro atoms. The molecule has 116 valence electrons. The maximum atomic E-state index is 12.2. The van der Waals surface area contributed by atoms with Crippen molar-refractivity contribution in [2.75, 3.05) is 19.8 Å². The zero-order valence-corrected chi connectivity index (χ0v) is 12.5. The van der Waals surface area contributed by atoms with Crippen molar-refractivity contribution in [2.45, 2.75) is 58.3 Å². The zero-order valence-electron chi connectivity index (χ0n) is 12.5. The van der Waals surface area contributed by atoms with Crippen LogP contribution in [0, 0.1) is 0 Å². The molecule has 1 N–H and O–H groups in total. The van der Waals surface area contributed by atoms with Crippen LogP contribution in [0.25, 0.3) is 0 Å². The zero-order chi connectivity index (χ0) is 15.1. The molecule has 0 aromatic heterocycles. The summed E-state index contributed by atoms with van der Waals surface area (Å²) >= 11 is 0. The summed E-state index contributed by atoms with van der Waals surface area (Å²) in [5.41, 5.74) is 0. The summed E-state index contributed by atoms with van der Waals surface area (Å²) in [5.74, 6) is -1.31. The van der Waals surface area contributed by atoms with Gasteiger partial charge in [-0.3, -0.25) is 9.59 Å². The Balaban J connectivity index is 2.44. The second-order valence-electron chi connectivity index (χ2n) is 5.42. The number of carboxylic acids is 1. The standard InChI is InChI=1S/C14H25NO5/c1-10(2)15(8-13(16)17)14(18)11(3)20-9-12-6-4-5-7-19-12/h10-12H,4-9H2,1-3H3,(H,16,17). The first-order chi connectivity index (χ1) is 9.41. The van der Waals surface area contributed by atoms with E-state index in [1.54, 1.807) is 20.8 Å². The average Bonchev–Trinajstić information content (AvgIpc) is 2.42. The lowest BCUT2D eigenvalue weighted by molar-refractivity contribution is -0.154. The van der Waals surface area contributed by atoms with Gasteiger partial charge in [-0.25, -0.2) is 0 Å². The first kappa shape index (κ1) is 16.9. The molecule has 0 aromatic rings. The van der Waals surface area contributed by atoms with E-state index in [4.69, 9.17) is 14.6 Å². The topological polar surface area (TPSA) is 76.1 Å². The molecular formula is C14H25NO5. The van der Waals surface area contributed by atoms with Gasteiger partial charge in [0.1, 0.15) is 12.6 Å². The van der Waals surface area contributed by atoms with Gasteiger partial charge in [-0.15, -0.1) is 0 Å². The van der Waals surface area contributed by atoms with Crippen molar-refractivity contribution < 1.29 is 24.2 Å². The van der Waals surface area contributed by atoms with Crippen molar-refractivity contribution in [3.63, 3.8) is 0 Å². The van der Waals surface area contributed by atoms with E-state index in [0.29, 0.717) is 6.61 Å². The smallest absolute Gasteiger partial charge is 0.323 e. The van der Waals surface area contributed by atoms with E-state index < -0.39 is 12.1 Å². The fraction of sp³-hybridized carbons (Fsp3) is 0.857. The largest absolute Gasteiger partial charge is 0.480 e. The van der Waals surface area contributed by atoms with Crippen molar-refractivity contribution >= 4 is 11.9 Å². The molecule has 0 bridgehead atoms. The molecule has 2 atom stereocenters. The Bertz CT molecular complexity index is 326. The lowest BCUT2D eigenvalue weighted by Crippen LogP contribution is -2.46. The van der Waals surface area contributed by atoms with Gasteiger partial charge < -0.3 is 19.5 Å². The number of aliphatic carboxylic acids is 1. The molecule has 0 saturated carbocycles. The molecule has 1 heterocycles. The Labute approximate surface area is 120 Å². The van der Waals surface area contributed by atoms with Crippen molar-refractivity contribution in [1.29, 1.82) is 0 Å². The van der Waals surface area contributed by atoms with Crippen LogP contribution in [0.15, 0.2) is 0 Å². The van der Waals surface area contributed by atoms with Crippen LogP contribution in [0.4, 0.5) is 0 Å². The summed E-state index contributed by atoms with van der Waals surface area (Å²) in [5, 5.41) is 8.84. The lowest BCUT2D eigenvalue weighted by atomic mass is 10.1. The van der Waals surface area contributed by atoms with Crippen molar-refractivity contribution in [3.05, 3.63) is 0 Å². The normalized spacial score (nSPS) is 20.7. The predicted octanol–water partition coefficient (Wildman–Crippen LogP) is 1.28. The number of carbonyl (C=O) groups excluding carboxylic acids is 1. The molecule has 1 saturated heterocycles. The Morgan fingerprint density at radius 3 is 2.55 bits per heavy atom. The molecule has 1 aliphatic rings. The number of nitrogens with zero attached hydrogens (tertiary/aromatic N) is 1. The highest BCUT2D eigenvalue weighted by Gasteiger charge is 2.26. The Kier molecular flexibility index (Phi) is 6.95. The van der Waals surface area contributed by atoms with E-state index in [1.165, 1.54) is 4.90 Å². The highest BCUT2D eigenvalue weighted by molar-refractivity contribution is 5.84. The third kappa shape index (κ3) is 5.46. The van der Waals surface area contributed by atoms with Crippen molar-refractivity contribution in [3.8, 4) is 0 Å². The fourth-order valence-corrected chi connectivity index (χ4v) is 2.16. The van der Waals surface area contributed by atoms with Crippen LogP contribution in [0.1, 0.15) is 40.0 Å². The quantitative estimate of drug-likeness (QED) is 0.763.